The molecule has 18 heavy (non-hydrogen) atoms. The van der Waals surface area contributed by atoms with E-state index in [1.807, 2.05) is 24.5 Å². The molecule has 0 aromatic carbocycles. The molecule has 2 amide bonds. The molecule has 1 aromatic heterocycles. The first-order valence-electron chi connectivity index (χ1n) is 5.26. The highest BCUT2D eigenvalue weighted by Crippen LogP contribution is 2.01. The highest BCUT2D eigenvalue weighted by atomic mass is 16.7. The molecule has 0 aliphatic heterocycles. The normalized spacial score (nSPS) is 9.89. The number of nitrogens with one attached hydrogen (secondary N) is 1. The van der Waals surface area contributed by atoms with Crippen LogP contribution in [0.3, 0.4) is 0 Å². The largest absolute Gasteiger partial charge is 0.479 e. The fourth-order valence-corrected chi connectivity index (χ4v) is 1.24. The van der Waals surface area contributed by atoms with Crippen molar-refractivity contribution < 1.29 is 19.5 Å². The first-order valence-corrected chi connectivity index (χ1v) is 5.26. The lowest BCUT2D eigenvalue weighted by Gasteiger charge is -2.16. The standard InChI is InChI=1S/C11H15N3O4/c1-8-4-3-5-9(12-8)6-14(2)11(17)13-18-7-10(15)16/h3-5H,6-7H2,1-2H3,(H,13,17)(H,15,16). The van der Waals surface area contributed by atoms with Gasteiger partial charge in [-0.05, 0) is 19.1 Å². The van der Waals surface area contributed by atoms with Crippen molar-refractivity contribution in [2.75, 3.05) is 13.7 Å². The number of carbonyl (C=O) groups excluding carboxylic acids is 1. The number of rotatable bonds is 5. The van der Waals surface area contributed by atoms with Crippen LogP contribution in [0.5, 0.6) is 0 Å². The topological polar surface area (TPSA) is 91.8 Å². The van der Waals surface area contributed by atoms with Gasteiger partial charge in [0.2, 0.25) is 0 Å². The zero-order valence-corrected chi connectivity index (χ0v) is 10.2. The van der Waals surface area contributed by atoms with Crippen molar-refractivity contribution >= 4 is 12.0 Å². The van der Waals surface area contributed by atoms with E-state index in [-0.39, 0.29) is 0 Å². The minimum atomic E-state index is -1.15. The second-order valence-electron chi connectivity index (χ2n) is 3.72. The molecule has 0 bridgehead atoms. The zero-order valence-electron chi connectivity index (χ0n) is 10.2. The number of carboxylic acids is 1. The maximum absolute atomic E-state index is 11.5. The van der Waals surface area contributed by atoms with Crippen LogP contribution in [0.15, 0.2) is 18.2 Å². The predicted octanol–water partition coefficient (Wildman–Crippen LogP) is 0.548. The quantitative estimate of drug-likeness (QED) is 0.747. The van der Waals surface area contributed by atoms with Gasteiger partial charge in [0, 0.05) is 12.7 Å². The van der Waals surface area contributed by atoms with Crippen LogP contribution < -0.4 is 5.48 Å². The summed E-state index contributed by atoms with van der Waals surface area (Å²) in [6.45, 7) is 1.59. The molecule has 0 saturated carbocycles. The summed E-state index contributed by atoms with van der Waals surface area (Å²) in [5, 5.41) is 8.33. The van der Waals surface area contributed by atoms with Gasteiger partial charge in [0.05, 0.1) is 12.2 Å². The Balaban J connectivity index is 2.42. The number of hydrogen-bond acceptors (Lipinski definition) is 4. The lowest BCUT2D eigenvalue weighted by Crippen LogP contribution is -2.37. The summed E-state index contributed by atoms with van der Waals surface area (Å²) < 4.78 is 0. The van der Waals surface area contributed by atoms with Gasteiger partial charge in [0.15, 0.2) is 6.61 Å². The van der Waals surface area contributed by atoms with Crippen molar-refractivity contribution in [2.24, 2.45) is 0 Å². The lowest BCUT2D eigenvalue weighted by molar-refractivity contribution is -0.144. The number of carboxylic acid groups (broad SMARTS) is 1. The number of urea groups is 1. The van der Waals surface area contributed by atoms with Gasteiger partial charge in [0.25, 0.3) is 0 Å². The Morgan fingerprint density at radius 1 is 1.50 bits per heavy atom. The maximum atomic E-state index is 11.5. The number of aliphatic carboxylic acids is 1. The predicted molar refractivity (Wildman–Crippen MR) is 62.6 cm³/mol. The monoisotopic (exact) mass is 253 g/mol. The SMILES string of the molecule is Cc1cccc(CN(C)C(=O)NOCC(=O)O)n1. The Kier molecular flexibility index (Phi) is 5.06. The molecule has 0 radical (unpaired) electrons. The minimum Gasteiger partial charge on any atom is -0.479 e. The van der Waals surface area contributed by atoms with Crippen LogP contribution in [0.25, 0.3) is 0 Å². The van der Waals surface area contributed by atoms with Crippen LogP contribution in [0, 0.1) is 6.92 Å². The summed E-state index contributed by atoms with van der Waals surface area (Å²) in [6, 6.07) is 4.98. The lowest BCUT2D eigenvalue weighted by atomic mass is 10.3. The number of pyridine rings is 1. The Morgan fingerprint density at radius 2 is 2.22 bits per heavy atom. The van der Waals surface area contributed by atoms with Crippen LogP contribution >= 0.6 is 0 Å². The molecule has 7 heteroatoms. The maximum Gasteiger partial charge on any atom is 0.341 e. The smallest absolute Gasteiger partial charge is 0.341 e. The molecule has 7 nitrogen and oxygen atoms in total. The van der Waals surface area contributed by atoms with Gasteiger partial charge in [-0.1, -0.05) is 6.07 Å². The van der Waals surface area contributed by atoms with Gasteiger partial charge < -0.3 is 10.0 Å². The first kappa shape index (κ1) is 13.9. The van der Waals surface area contributed by atoms with E-state index in [0.29, 0.717) is 6.54 Å². The summed E-state index contributed by atoms with van der Waals surface area (Å²) in [4.78, 5) is 31.7. The number of hydrogen-bond donors (Lipinski definition) is 2. The van der Waals surface area contributed by atoms with Crippen molar-refractivity contribution in [3.63, 3.8) is 0 Å². The van der Waals surface area contributed by atoms with Gasteiger partial charge in [-0.2, -0.15) is 0 Å². The Morgan fingerprint density at radius 3 is 2.83 bits per heavy atom. The van der Waals surface area contributed by atoms with Crippen LogP contribution in [0.1, 0.15) is 11.4 Å². The van der Waals surface area contributed by atoms with Gasteiger partial charge >= 0.3 is 12.0 Å². The third-order valence-corrected chi connectivity index (χ3v) is 2.05. The molecular weight excluding hydrogens is 238 g/mol. The number of carbonyl (C=O) groups is 2. The van der Waals surface area contributed by atoms with E-state index in [0.717, 1.165) is 11.4 Å². The second-order valence-corrected chi connectivity index (χ2v) is 3.72. The molecule has 0 spiro atoms. The molecule has 0 aliphatic rings. The summed E-state index contributed by atoms with van der Waals surface area (Å²) in [5.74, 6) is -1.15. The van der Waals surface area contributed by atoms with E-state index in [1.54, 1.807) is 13.1 Å². The molecule has 0 fully saturated rings. The van der Waals surface area contributed by atoms with Crippen LogP contribution in [0.2, 0.25) is 0 Å². The fourth-order valence-electron chi connectivity index (χ4n) is 1.24. The van der Waals surface area contributed by atoms with E-state index >= 15 is 0 Å². The highest BCUT2D eigenvalue weighted by Gasteiger charge is 2.10. The molecule has 98 valence electrons. The van der Waals surface area contributed by atoms with Gasteiger partial charge in [-0.15, -0.1) is 0 Å². The van der Waals surface area contributed by atoms with Crippen molar-refractivity contribution in [3.05, 3.63) is 29.6 Å². The van der Waals surface area contributed by atoms with Crippen molar-refractivity contribution in [3.8, 4) is 0 Å². The molecule has 0 saturated heterocycles. The second kappa shape index (κ2) is 6.55. The summed E-state index contributed by atoms with van der Waals surface area (Å²) in [7, 11) is 1.56. The third-order valence-electron chi connectivity index (χ3n) is 2.05. The van der Waals surface area contributed by atoms with E-state index in [4.69, 9.17) is 5.11 Å². The zero-order chi connectivity index (χ0) is 13.5. The van der Waals surface area contributed by atoms with E-state index < -0.39 is 18.6 Å². The summed E-state index contributed by atoms with van der Waals surface area (Å²) in [6.07, 6.45) is 0. The molecule has 0 aliphatic carbocycles. The number of hydroxylamine groups is 1. The summed E-state index contributed by atoms with van der Waals surface area (Å²) in [5.41, 5.74) is 3.63. The molecular formula is C11H15N3O4. The van der Waals surface area contributed by atoms with Crippen molar-refractivity contribution in [1.82, 2.24) is 15.4 Å². The van der Waals surface area contributed by atoms with Gasteiger partial charge in [-0.3, -0.25) is 9.82 Å². The van der Waals surface area contributed by atoms with E-state index in [2.05, 4.69) is 9.82 Å². The number of aromatic nitrogens is 1. The Bertz CT molecular complexity index is 436. The van der Waals surface area contributed by atoms with E-state index in [9.17, 15) is 9.59 Å². The molecule has 1 rings (SSSR count). The Labute approximate surface area is 104 Å². The average molecular weight is 253 g/mol. The van der Waals surface area contributed by atoms with Gasteiger partial charge in [-0.25, -0.2) is 15.1 Å². The minimum absolute atomic E-state index is 0.309. The summed E-state index contributed by atoms with van der Waals surface area (Å²) >= 11 is 0. The Hall–Kier alpha value is -2.15. The van der Waals surface area contributed by atoms with Crippen molar-refractivity contribution in [2.45, 2.75) is 13.5 Å². The number of nitrogens with zero attached hydrogens (tertiary/aromatic N) is 2. The van der Waals surface area contributed by atoms with Crippen LogP contribution in [0.4, 0.5) is 4.79 Å². The first-order chi connectivity index (χ1) is 8.49. The molecule has 1 heterocycles. The van der Waals surface area contributed by atoms with E-state index in [1.165, 1.54) is 4.90 Å². The molecule has 0 atom stereocenters. The van der Waals surface area contributed by atoms with Crippen LogP contribution in [-0.4, -0.2) is 40.6 Å². The van der Waals surface area contributed by atoms with Gasteiger partial charge in [0.1, 0.15) is 0 Å². The molecule has 0 unspecified atom stereocenters. The molecule has 2 N–H and O–H groups in total. The van der Waals surface area contributed by atoms with Crippen LogP contribution in [-0.2, 0) is 16.2 Å². The average Bonchev–Trinajstić information content (AvgIpc) is 2.28. The highest BCUT2D eigenvalue weighted by molar-refractivity contribution is 5.73. The number of aryl methyl sites for hydroxylation is 1. The number of amides is 2. The fraction of sp³-hybridized carbons (Fsp3) is 0.364. The third kappa shape index (κ3) is 4.79. The molecule has 1 aromatic rings. The van der Waals surface area contributed by atoms with Crippen molar-refractivity contribution in [1.29, 1.82) is 0 Å².